The third-order valence-electron chi connectivity index (χ3n) is 5.94. The van der Waals surface area contributed by atoms with Crippen LogP contribution in [0.2, 0.25) is 0 Å². The van der Waals surface area contributed by atoms with Gasteiger partial charge in [0.05, 0.1) is 16.6 Å². The van der Waals surface area contributed by atoms with Gasteiger partial charge in [0.25, 0.3) is 0 Å². The summed E-state index contributed by atoms with van der Waals surface area (Å²) in [6.45, 7) is 0.352. The molecule has 0 aliphatic carbocycles. The number of nitrogens with zero attached hydrogens (tertiary/aromatic N) is 2. The molecule has 38 heavy (non-hydrogen) atoms. The molecule has 2 N–H and O–H groups in total. The molecule has 0 aliphatic heterocycles. The van der Waals surface area contributed by atoms with Crippen molar-refractivity contribution in [2.24, 2.45) is 5.73 Å². The molecular weight excluding hydrogens is 498 g/mol. The molecular formula is C29H19F4N3O2. The third kappa shape index (κ3) is 4.96. The van der Waals surface area contributed by atoms with Gasteiger partial charge in [0.15, 0.2) is 0 Å². The number of rotatable bonds is 5. The van der Waals surface area contributed by atoms with Gasteiger partial charge in [0.2, 0.25) is 5.88 Å². The van der Waals surface area contributed by atoms with Crippen molar-refractivity contribution in [2.75, 3.05) is 0 Å². The average molecular weight is 517 g/mol. The number of pyridine rings is 2. The number of hydrogen-bond donors (Lipinski definition) is 1. The highest BCUT2D eigenvalue weighted by Gasteiger charge is 2.42. The van der Waals surface area contributed by atoms with Crippen molar-refractivity contribution in [3.05, 3.63) is 103 Å². The van der Waals surface area contributed by atoms with Crippen LogP contribution >= 0.6 is 0 Å². The van der Waals surface area contributed by atoms with Crippen molar-refractivity contribution in [3.8, 4) is 39.4 Å². The van der Waals surface area contributed by atoms with Crippen molar-refractivity contribution in [1.29, 1.82) is 0 Å². The fourth-order valence-corrected chi connectivity index (χ4v) is 4.06. The smallest absolute Gasteiger partial charge is 0.400 e. The Kier molecular flexibility index (Phi) is 6.61. The van der Waals surface area contributed by atoms with E-state index in [1.807, 2.05) is 54.6 Å². The first-order valence-corrected chi connectivity index (χ1v) is 11.5. The minimum atomic E-state index is -5.22. The Morgan fingerprint density at radius 1 is 0.842 bits per heavy atom. The van der Waals surface area contributed by atoms with Crippen LogP contribution in [0, 0.1) is 5.82 Å². The zero-order chi connectivity index (χ0) is 26.9. The van der Waals surface area contributed by atoms with E-state index in [1.165, 1.54) is 30.5 Å². The summed E-state index contributed by atoms with van der Waals surface area (Å²) in [6.07, 6.45) is -3.96. The summed E-state index contributed by atoms with van der Waals surface area (Å²) in [7, 11) is 0. The minimum Gasteiger partial charge on any atom is -0.400 e. The van der Waals surface area contributed by atoms with Crippen LogP contribution in [0.5, 0.6) is 5.88 Å². The topological polar surface area (TPSA) is 78.1 Å². The standard InChI is InChI=1S/C29H19F4N3O2/c30-21-12-10-19(11-13-21)24-16-35-27(38-28(37)29(31,32)33)23-14-22(18-4-2-1-3-5-18)25(36-26(23)24)20-8-6-17(15-34)7-9-20/h1-14,16H,15,34H2. The summed E-state index contributed by atoms with van der Waals surface area (Å²) >= 11 is 0. The molecule has 0 bridgehead atoms. The number of alkyl halides is 3. The molecule has 3 aromatic carbocycles. The minimum absolute atomic E-state index is 0.0885. The first-order chi connectivity index (χ1) is 18.2. The maximum atomic E-state index is 13.6. The fourth-order valence-electron chi connectivity index (χ4n) is 4.06. The Labute approximate surface area is 214 Å². The number of carbonyl (C=O) groups excluding carboxylic acids is 1. The molecule has 5 nitrogen and oxygen atoms in total. The lowest BCUT2D eigenvalue weighted by molar-refractivity contribution is -0.189. The van der Waals surface area contributed by atoms with E-state index in [4.69, 9.17) is 10.7 Å². The van der Waals surface area contributed by atoms with Gasteiger partial charge in [0, 0.05) is 29.4 Å². The van der Waals surface area contributed by atoms with Gasteiger partial charge in [-0.1, -0.05) is 66.7 Å². The van der Waals surface area contributed by atoms with E-state index in [2.05, 4.69) is 9.72 Å². The third-order valence-corrected chi connectivity index (χ3v) is 5.94. The van der Waals surface area contributed by atoms with Crippen LogP contribution in [-0.2, 0) is 11.3 Å². The van der Waals surface area contributed by atoms with Crippen molar-refractivity contribution >= 4 is 16.9 Å². The second kappa shape index (κ2) is 10.0. The molecule has 0 amide bonds. The van der Waals surface area contributed by atoms with Crippen LogP contribution in [0.1, 0.15) is 5.56 Å². The molecule has 0 saturated heterocycles. The normalized spacial score (nSPS) is 11.5. The SMILES string of the molecule is NCc1ccc(-c2nc3c(-c4ccc(F)cc4)cnc(OC(=O)C(F)(F)F)c3cc2-c2ccccc2)cc1. The highest BCUT2D eigenvalue weighted by molar-refractivity contribution is 6.01. The number of benzene rings is 3. The number of nitrogens with two attached hydrogens (primary N) is 1. The summed E-state index contributed by atoms with van der Waals surface area (Å²) in [5.41, 5.74) is 10.4. The van der Waals surface area contributed by atoms with Gasteiger partial charge in [-0.15, -0.1) is 0 Å². The maximum absolute atomic E-state index is 13.6. The van der Waals surface area contributed by atoms with Gasteiger partial charge in [-0.25, -0.2) is 19.2 Å². The molecule has 2 aromatic heterocycles. The van der Waals surface area contributed by atoms with Crippen LogP contribution in [0.15, 0.2) is 91.1 Å². The predicted octanol–water partition coefficient (Wildman–Crippen LogP) is 6.70. The second-order valence-electron chi connectivity index (χ2n) is 8.42. The van der Waals surface area contributed by atoms with Crippen molar-refractivity contribution < 1.29 is 27.1 Å². The lowest BCUT2D eigenvalue weighted by atomic mass is 9.95. The summed E-state index contributed by atoms with van der Waals surface area (Å²) in [6, 6.07) is 23.7. The van der Waals surface area contributed by atoms with Crippen molar-refractivity contribution in [1.82, 2.24) is 9.97 Å². The van der Waals surface area contributed by atoms with E-state index in [9.17, 15) is 22.4 Å². The van der Waals surface area contributed by atoms with Crippen LogP contribution in [-0.4, -0.2) is 22.1 Å². The lowest BCUT2D eigenvalue weighted by Crippen LogP contribution is -2.28. The number of fused-ring (bicyclic) bond motifs is 1. The molecule has 0 spiro atoms. The van der Waals surface area contributed by atoms with E-state index in [0.29, 0.717) is 28.9 Å². The maximum Gasteiger partial charge on any atom is 0.491 e. The molecule has 0 aliphatic rings. The molecule has 5 rings (SSSR count). The Bertz CT molecular complexity index is 1620. The van der Waals surface area contributed by atoms with Crippen LogP contribution in [0.25, 0.3) is 44.4 Å². The molecule has 0 saturated carbocycles. The Balaban J connectivity index is 1.82. The number of hydrogen-bond acceptors (Lipinski definition) is 5. The van der Waals surface area contributed by atoms with E-state index in [1.54, 1.807) is 6.07 Å². The monoisotopic (exact) mass is 517 g/mol. The average Bonchev–Trinajstić information content (AvgIpc) is 2.93. The van der Waals surface area contributed by atoms with E-state index < -0.39 is 23.8 Å². The van der Waals surface area contributed by atoms with E-state index in [-0.39, 0.29) is 10.9 Å². The van der Waals surface area contributed by atoms with E-state index >= 15 is 0 Å². The van der Waals surface area contributed by atoms with Gasteiger partial charge >= 0.3 is 12.1 Å². The molecule has 0 radical (unpaired) electrons. The fraction of sp³-hybridized carbons (Fsp3) is 0.0690. The summed E-state index contributed by atoms with van der Waals surface area (Å²) in [4.78, 5) is 20.6. The van der Waals surface area contributed by atoms with Gasteiger partial charge in [0.1, 0.15) is 5.82 Å². The summed E-state index contributed by atoms with van der Waals surface area (Å²) < 4.78 is 57.4. The molecule has 5 aromatic rings. The van der Waals surface area contributed by atoms with E-state index in [0.717, 1.165) is 16.7 Å². The van der Waals surface area contributed by atoms with Crippen molar-refractivity contribution in [3.63, 3.8) is 0 Å². The van der Waals surface area contributed by atoms with Crippen LogP contribution in [0.4, 0.5) is 17.6 Å². The largest absolute Gasteiger partial charge is 0.491 e. The highest BCUT2D eigenvalue weighted by Crippen LogP contribution is 2.39. The number of halogens is 4. The molecule has 190 valence electrons. The van der Waals surface area contributed by atoms with Gasteiger partial charge in [-0.3, -0.25) is 0 Å². The second-order valence-corrected chi connectivity index (χ2v) is 8.42. The predicted molar refractivity (Wildman–Crippen MR) is 135 cm³/mol. The zero-order valence-electron chi connectivity index (χ0n) is 19.7. The Morgan fingerprint density at radius 2 is 1.47 bits per heavy atom. The number of aromatic nitrogens is 2. The quantitative estimate of drug-likeness (QED) is 0.207. The van der Waals surface area contributed by atoms with Gasteiger partial charge in [-0.05, 0) is 34.9 Å². The number of carbonyl (C=O) groups is 1. The van der Waals surface area contributed by atoms with Crippen LogP contribution < -0.4 is 10.5 Å². The van der Waals surface area contributed by atoms with Crippen molar-refractivity contribution in [2.45, 2.75) is 12.7 Å². The molecule has 0 fully saturated rings. The summed E-state index contributed by atoms with van der Waals surface area (Å²) in [5, 5.41) is 0.0885. The van der Waals surface area contributed by atoms with Gasteiger partial charge in [-0.2, -0.15) is 13.2 Å². The zero-order valence-corrected chi connectivity index (χ0v) is 19.7. The molecule has 2 heterocycles. The first kappa shape index (κ1) is 25.0. The highest BCUT2D eigenvalue weighted by atomic mass is 19.4. The van der Waals surface area contributed by atoms with Gasteiger partial charge < -0.3 is 10.5 Å². The molecule has 0 unspecified atom stereocenters. The molecule has 0 atom stereocenters. The Hall–Kier alpha value is -4.63. The number of ether oxygens (including phenoxy) is 1. The number of esters is 1. The lowest BCUT2D eigenvalue weighted by Gasteiger charge is -2.16. The molecule has 9 heteroatoms. The van der Waals surface area contributed by atoms with Crippen LogP contribution in [0.3, 0.4) is 0 Å². The summed E-state index contributed by atoms with van der Waals surface area (Å²) in [5.74, 6) is -3.40. The first-order valence-electron chi connectivity index (χ1n) is 11.5. The Morgan fingerprint density at radius 3 is 2.11 bits per heavy atom.